The standard InChI is InChI=1S/C15H26N2O5/c1-4-5-6-10-7-8-12(18)11(9-10)13(16-14(2,19)20)17-15(3,21)22/h7-9,13,16-22H,4-6H2,1-3H3. The van der Waals surface area contributed by atoms with Gasteiger partial charge in [-0.25, -0.2) is 10.6 Å². The van der Waals surface area contributed by atoms with Crippen molar-refractivity contribution in [3.8, 4) is 5.75 Å². The Morgan fingerprint density at radius 3 is 2.05 bits per heavy atom. The van der Waals surface area contributed by atoms with E-state index in [0.717, 1.165) is 38.7 Å². The van der Waals surface area contributed by atoms with Crippen LogP contribution in [0, 0.1) is 0 Å². The average molecular weight is 314 g/mol. The maximum absolute atomic E-state index is 10.0. The second kappa shape index (κ2) is 7.36. The van der Waals surface area contributed by atoms with Crippen molar-refractivity contribution in [2.75, 3.05) is 0 Å². The molecule has 0 amide bonds. The lowest BCUT2D eigenvalue weighted by Crippen LogP contribution is -2.54. The molecule has 126 valence electrons. The molecule has 0 unspecified atom stereocenters. The number of rotatable bonds is 8. The lowest BCUT2D eigenvalue weighted by Gasteiger charge is -2.31. The minimum Gasteiger partial charge on any atom is -0.508 e. The van der Waals surface area contributed by atoms with Gasteiger partial charge in [0.15, 0.2) is 0 Å². The van der Waals surface area contributed by atoms with Crippen LogP contribution >= 0.6 is 0 Å². The van der Waals surface area contributed by atoms with Crippen molar-refractivity contribution in [2.24, 2.45) is 0 Å². The number of benzene rings is 1. The molecule has 0 fully saturated rings. The van der Waals surface area contributed by atoms with Crippen molar-refractivity contribution < 1.29 is 25.5 Å². The van der Waals surface area contributed by atoms with Crippen LogP contribution in [-0.2, 0) is 6.42 Å². The van der Waals surface area contributed by atoms with Crippen molar-refractivity contribution >= 4 is 0 Å². The predicted octanol–water partition coefficient (Wildman–Crippen LogP) is 0.229. The smallest absolute Gasteiger partial charge is 0.220 e. The number of aromatic hydroxyl groups is 1. The Morgan fingerprint density at radius 2 is 1.59 bits per heavy atom. The maximum Gasteiger partial charge on any atom is 0.220 e. The summed E-state index contributed by atoms with van der Waals surface area (Å²) in [4.78, 5) is 0. The van der Waals surface area contributed by atoms with E-state index in [-0.39, 0.29) is 11.3 Å². The molecule has 7 N–H and O–H groups in total. The summed E-state index contributed by atoms with van der Waals surface area (Å²) in [7, 11) is 0. The van der Waals surface area contributed by atoms with Crippen molar-refractivity contribution in [3.63, 3.8) is 0 Å². The van der Waals surface area contributed by atoms with Crippen LogP contribution in [0.25, 0.3) is 0 Å². The molecule has 0 atom stereocenters. The van der Waals surface area contributed by atoms with Gasteiger partial charge >= 0.3 is 0 Å². The molecule has 22 heavy (non-hydrogen) atoms. The molecule has 1 aromatic carbocycles. The van der Waals surface area contributed by atoms with Gasteiger partial charge in [0.1, 0.15) is 5.75 Å². The molecule has 0 spiro atoms. The summed E-state index contributed by atoms with van der Waals surface area (Å²) in [6.45, 7) is 4.25. The van der Waals surface area contributed by atoms with Crippen LogP contribution in [0.2, 0.25) is 0 Å². The number of nitrogens with one attached hydrogen (secondary N) is 2. The Labute approximate surface area is 130 Å². The number of hydrogen-bond acceptors (Lipinski definition) is 7. The number of phenolic OH excluding ortho intramolecular Hbond substituents is 1. The van der Waals surface area contributed by atoms with Crippen LogP contribution in [0.5, 0.6) is 5.75 Å². The Balaban J connectivity index is 3.11. The van der Waals surface area contributed by atoms with Gasteiger partial charge in [0, 0.05) is 19.4 Å². The number of hydrogen-bond donors (Lipinski definition) is 7. The molecular formula is C15H26N2O5. The third-order valence-electron chi connectivity index (χ3n) is 3.06. The highest BCUT2D eigenvalue weighted by atomic mass is 16.5. The molecule has 7 heteroatoms. The molecule has 0 saturated carbocycles. The van der Waals surface area contributed by atoms with Gasteiger partial charge in [-0.1, -0.05) is 19.4 Å². The molecule has 0 saturated heterocycles. The first-order valence-corrected chi connectivity index (χ1v) is 7.28. The average Bonchev–Trinajstić information content (AvgIpc) is 2.33. The molecule has 0 aliphatic heterocycles. The highest BCUT2D eigenvalue weighted by molar-refractivity contribution is 5.38. The quantitative estimate of drug-likeness (QED) is 0.342. The third-order valence-corrected chi connectivity index (χ3v) is 3.06. The van der Waals surface area contributed by atoms with Crippen LogP contribution < -0.4 is 10.6 Å². The lowest BCUT2D eigenvalue weighted by atomic mass is 10.0. The summed E-state index contributed by atoms with van der Waals surface area (Å²) < 4.78 is 0. The van der Waals surface area contributed by atoms with Crippen LogP contribution in [0.1, 0.15) is 50.9 Å². The van der Waals surface area contributed by atoms with Crippen molar-refractivity contribution in [1.29, 1.82) is 0 Å². The fraction of sp³-hybridized carbons (Fsp3) is 0.600. The van der Waals surface area contributed by atoms with Gasteiger partial charge in [-0.15, -0.1) is 0 Å². The summed E-state index contributed by atoms with van der Waals surface area (Å²) in [6.07, 6.45) is 1.72. The van der Waals surface area contributed by atoms with Gasteiger partial charge in [-0.2, -0.15) is 0 Å². The first-order valence-electron chi connectivity index (χ1n) is 7.28. The number of unbranched alkanes of at least 4 members (excludes halogenated alkanes) is 1. The summed E-state index contributed by atoms with van der Waals surface area (Å²) in [5, 5.41) is 52.8. The van der Waals surface area contributed by atoms with E-state index in [0.29, 0.717) is 0 Å². The highest BCUT2D eigenvalue weighted by Crippen LogP contribution is 2.26. The highest BCUT2D eigenvalue weighted by Gasteiger charge is 2.29. The Bertz CT molecular complexity index is 464. The van der Waals surface area contributed by atoms with E-state index < -0.39 is 18.0 Å². The second-order valence-electron chi connectivity index (χ2n) is 5.76. The summed E-state index contributed by atoms with van der Waals surface area (Å²) in [6, 6.07) is 4.96. The molecule has 1 aromatic rings. The number of aliphatic hydroxyl groups is 4. The molecule has 0 aromatic heterocycles. The lowest BCUT2D eigenvalue weighted by molar-refractivity contribution is -0.206. The monoisotopic (exact) mass is 314 g/mol. The first-order chi connectivity index (χ1) is 10.0. The van der Waals surface area contributed by atoms with E-state index in [9.17, 15) is 25.5 Å². The summed E-state index contributed by atoms with van der Waals surface area (Å²) in [5.74, 6) is -4.64. The van der Waals surface area contributed by atoms with Gasteiger partial charge < -0.3 is 25.5 Å². The minimum absolute atomic E-state index is 0.0984. The zero-order chi connectivity index (χ0) is 17.0. The second-order valence-corrected chi connectivity index (χ2v) is 5.76. The predicted molar refractivity (Wildman–Crippen MR) is 81.4 cm³/mol. The van der Waals surface area contributed by atoms with E-state index in [1.807, 2.05) is 0 Å². The first kappa shape index (κ1) is 18.8. The van der Waals surface area contributed by atoms with Crippen LogP contribution in [0.15, 0.2) is 18.2 Å². The Hall–Kier alpha value is -1.22. The van der Waals surface area contributed by atoms with Crippen LogP contribution in [0.4, 0.5) is 0 Å². The van der Waals surface area contributed by atoms with Crippen molar-refractivity contribution in [3.05, 3.63) is 29.3 Å². The SMILES string of the molecule is CCCCc1ccc(O)c(C(NC(C)(O)O)NC(C)(O)O)c1. The van der Waals surface area contributed by atoms with E-state index in [1.54, 1.807) is 12.1 Å². The fourth-order valence-electron chi connectivity index (χ4n) is 2.11. The van der Waals surface area contributed by atoms with Crippen molar-refractivity contribution in [2.45, 2.75) is 58.0 Å². The molecule has 0 heterocycles. The number of aryl methyl sites for hydroxylation is 1. The van der Waals surface area contributed by atoms with Gasteiger partial charge in [-0.3, -0.25) is 0 Å². The van der Waals surface area contributed by atoms with Gasteiger partial charge in [0.05, 0.1) is 6.17 Å². The zero-order valence-electron chi connectivity index (χ0n) is 13.2. The van der Waals surface area contributed by atoms with E-state index in [2.05, 4.69) is 17.6 Å². The molecule has 1 rings (SSSR count). The molecule has 7 nitrogen and oxygen atoms in total. The maximum atomic E-state index is 10.0. The van der Waals surface area contributed by atoms with Gasteiger partial charge in [0.2, 0.25) is 11.8 Å². The van der Waals surface area contributed by atoms with Gasteiger partial charge in [0.25, 0.3) is 0 Å². The normalized spacial score (nSPS) is 12.9. The topological polar surface area (TPSA) is 125 Å². The third kappa shape index (κ3) is 6.69. The van der Waals surface area contributed by atoms with Crippen molar-refractivity contribution in [1.82, 2.24) is 10.6 Å². The minimum atomic E-state index is -2.27. The summed E-state index contributed by atoms with van der Waals surface area (Å²) >= 11 is 0. The van der Waals surface area contributed by atoms with Crippen LogP contribution in [0.3, 0.4) is 0 Å². The molecule has 0 aliphatic carbocycles. The van der Waals surface area contributed by atoms with E-state index in [1.165, 1.54) is 6.07 Å². The molecule has 0 aliphatic rings. The summed E-state index contributed by atoms with van der Waals surface area (Å²) in [5.41, 5.74) is 1.25. The van der Waals surface area contributed by atoms with Gasteiger partial charge in [-0.05, 0) is 30.5 Å². The largest absolute Gasteiger partial charge is 0.508 e. The van der Waals surface area contributed by atoms with E-state index in [4.69, 9.17) is 0 Å². The zero-order valence-corrected chi connectivity index (χ0v) is 13.2. The fourth-order valence-corrected chi connectivity index (χ4v) is 2.11. The Morgan fingerprint density at radius 1 is 1.05 bits per heavy atom. The number of phenols is 1. The molecule has 0 bridgehead atoms. The molecule has 0 radical (unpaired) electrons. The van der Waals surface area contributed by atoms with E-state index >= 15 is 0 Å². The Kier molecular flexibility index (Phi) is 6.30. The molecular weight excluding hydrogens is 288 g/mol. The van der Waals surface area contributed by atoms with Crippen LogP contribution in [-0.4, -0.2) is 37.4 Å².